The van der Waals surface area contributed by atoms with Crippen LogP contribution < -0.4 is 19.9 Å². The van der Waals surface area contributed by atoms with E-state index < -0.39 is 15.9 Å². The molecule has 178 valence electrons. The molecule has 12 heteroatoms. The maximum atomic E-state index is 13.2. The molecule has 3 heterocycles. The molecule has 11 nitrogen and oxygen atoms in total. The molecular formula is C22H24N6O5S. The molecule has 5 rings (SSSR count). The van der Waals surface area contributed by atoms with Crippen molar-refractivity contribution in [1.82, 2.24) is 14.8 Å². The molecule has 3 aromatic rings. The number of ether oxygens (including phenoxy) is 3. The summed E-state index contributed by atoms with van der Waals surface area (Å²) in [5.41, 5.74) is 4.36. The Balaban J connectivity index is 1.46. The number of nitrogens with two attached hydrogens (primary N) is 1. The van der Waals surface area contributed by atoms with Crippen LogP contribution in [0.1, 0.15) is 11.1 Å². The van der Waals surface area contributed by atoms with Gasteiger partial charge >= 0.3 is 6.03 Å². The second kappa shape index (κ2) is 8.70. The highest BCUT2D eigenvalue weighted by Crippen LogP contribution is 2.39. The average molecular weight is 485 g/mol. The van der Waals surface area contributed by atoms with Crippen molar-refractivity contribution in [3.8, 4) is 22.9 Å². The summed E-state index contributed by atoms with van der Waals surface area (Å²) in [6.07, 6.45) is 4.41. The normalized spacial score (nSPS) is 17.6. The molecule has 0 bridgehead atoms. The third-order valence-electron chi connectivity index (χ3n) is 5.84. The van der Waals surface area contributed by atoms with Gasteiger partial charge in [0.05, 0.1) is 32.1 Å². The van der Waals surface area contributed by atoms with Gasteiger partial charge in [-0.05, 0) is 35.6 Å². The van der Waals surface area contributed by atoms with E-state index in [2.05, 4.69) is 19.8 Å². The van der Waals surface area contributed by atoms with Crippen molar-refractivity contribution in [2.24, 2.45) is 9.50 Å². The minimum absolute atomic E-state index is 0.0708. The quantitative estimate of drug-likeness (QED) is 0.547. The van der Waals surface area contributed by atoms with E-state index in [-0.39, 0.29) is 16.9 Å². The van der Waals surface area contributed by atoms with Crippen molar-refractivity contribution in [2.45, 2.75) is 30.4 Å². The molecular weight excluding hydrogens is 460 g/mol. The summed E-state index contributed by atoms with van der Waals surface area (Å²) in [7, 11) is -0.509. The molecule has 0 saturated carbocycles. The predicted molar refractivity (Wildman–Crippen MR) is 124 cm³/mol. The predicted octanol–water partition coefficient (Wildman–Crippen LogP) is 2.39. The van der Waals surface area contributed by atoms with Crippen LogP contribution in [-0.2, 0) is 34.0 Å². The number of anilines is 1. The molecule has 2 amide bonds. The number of methoxy groups -OCH3 is 2. The summed E-state index contributed by atoms with van der Waals surface area (Å²) in [4.78, 5) is 17.1. The number of carbonyl (C=O) groups excluding carboxylic acids is 1. The third kappa shape index (κ3) is 4.00. The van der Waals surface area contributed by atoms with Crippen LogP contribution in [0, 0.1) is 0 Å². The molecule has 1 aromatic carbocycles. The molecule has 0 spiro atoms. The fourth-order valence-electron chi connectivity index (χ4n) is 4.13. The lowest BCUT2D eigenvalue weighted by atomic mass is 9.84. The van der Waals surface area contributed by atoms with Crippen molar-refractivity contribution in [3.63, 3.8) is 0 Å². The largest absolute Gasteiger partial charge is 0.481 e. The number of fused-ring (bicyclic) bond motifs is 2. The number of carbonyl (C=O) groups is 1. The minimum Gasteiger partial charge on any atom is -0.481 e. The van der Waals surface area contributed by atoms with Gasteiger partial charge in [-0.1, -0.05) is 12.1 Å². The monoisotopic (exact) mass is 484 g/mol. The Kier molecular flexibility index (Phi) is 5.71. The highest BCUT2D eigenvalue weighted by molar-refractivity contribution is 7.91. The standard InChI is InChI=1S/C22H24N6O5S/c1-31-12-15-11-28-21(33-15)18(10-25-28)34(23,30)27-22(29)26-20-16-5-3-13(16)4-6-17(20)14-7-8-24-19(9-14)32-2/h4,6-10,15H,3,5,11-12H2,1-2H3,(H3,23,26,27,29,30). The van der Waals surface area contributed by atoms with Crippen molar-refractivity contribution in [1.29, 1.82) is 0 Å². The smallest absolute Gasteiger partial charge is 0.354 e. The van der Waals surface area contributed by atoms with Gasteiger partial charge in [-0.3, -0.25) is 0 Å². The van der Waals surface area contributed by atoms with Crippen LogP contribution in [0.25, 0.3) is 11.1 Å². The van der Waals surface area contributed by atoms with E-state index in [1.807, 2.05) is 18.2 Å². The molecule has 2 atom stereocenters. The molecule has 34 heavy (non-hydrogen) atoms. The fraction of sp³-hybridized carbons (Fsp3) is 0.318. The van der Waals surface area contributed by atoms with E-state index >= 15 is 0 Å². The van der Waals surface area contributed by atoms with Gasteiger partial charge in [0.25, 0.3) is 0 Å². The summed E-state index contributed by atoms with van der Waals surface area (Å²) in [6.45, 7) is 0.772. The fourth-order valence-corrected chi connectivity index (χ4v) is 5.13. The first-order chi connectivity index (χ1) is 16.4. The Morgan fingerprint density at radius 2 is 2.21 bits per heavy atom. The first-order valence-corrected chi connectivity index (χ1v) is 12.2. The van der Waals surface area contributed by atoms with E-state index in [4.69, 9.17) is 19.3 Å². The first kappa shape index (κ1) is 22.3. The number of rotatable bonds is 6. The number of aryl methyl sites for hydroxylation is 1. The molecule has 0 saturated heterocycles. The molecule has 0 radical (unpaired) electrons. The van der Waals surface area contributed by atoms with Gasteiger partial charge in [-0.25, -0.2) is 23.8 Å². The summed E-state index contributed by atoms with van der Waals surface area (Å²) in [5, 5.41) is 13.0. The number of nitrogens with zero attached hydrogens (tertiary/aromatic N) is 4. The van der Waals surface area contributed by atoms with Crippen molar-refractivity contribution >= 4 is 21.6 Å². The molecule has 2 unspecified atom stereocenters. The van der Waals surface area contributed by atoms with Gasteiger partial charge in [-0.2, -0.15) is 5.10 Å². The summed E-state index contributed by atoms with van der Waals surface area (Å²) >= 11 is 0. The second-order valence-corrected chi connectivity index (χ2v) is 9.75. The zero-order valence-corrected chi connectivity index (χ0v) is 19.5. The summed E-state index contributed by atoms with van der Waals surface area (Å²) < 4.78 is 34.7. The van der Waals surface area contributed by atoms with Gasteiger partial charge in [0.2, 0.25) is 11.8 Å². The van der Waals surface area contributed by atoms with Crippen LogP contribution in [0.5, 0.6) is 11.8 Å². The Morgan fingerprint density at radius 1 is 1.35 bits per heavy atom. The summed E-state index contributed by atoms with van der Waals surface area (Å²) in [5.74, 6) is 0.688. The molecule has 3 N–H and O–H groups in total. The van der Waals surface area contributed by atoms with Gasteiger partial charge in [0.1, 0.15) is 11.0 Å². The van der Waals surface area contributed by atoms with Crippen LogP contribution in [0.15, 0.2) is 45.9 Å². The average Bonchev–Trinajstić information content (AvgIpc) is 3.35. The van der Waals surface area contributed by atoms with Crippen LogP contribution >= 0.6 is 0 Å². The van der Waals surface area contributed by atoms with E-state index in [1.165, 1.54) is 18.0 Å². The van der Waals surface area contributed by atoms with Crippen molar-refractivity contribution in [2.75, 3.05) is 26.1 Å². The number of benzene rings is 1. The van der Waals surface area contributed by atoms with Gasteiger partial charge in [-0.15, -0.1) is 4.36 Å². The zero-order valence-electron chi connectivity index (χ0n) is 18.7. The van der Waals surface area contributed by atoms with E-state index in [9.17, 15) is 9.00 Å². The molecule has 1 aliphatic heterocycles. The highest BCUT2D eigenvalue weighted by Gasteiger charge is 2.31. The Labute approximate surface area is 196 Å². The topological polar surface area (TPSA) is 143 Å². The number of pyridine rings is 1. The lowest BCUT2D eigenvalue weighted by molar-refractivity contribution is 0.0920. The van der Waals surface area contributed by atoms with Gasteiger partial charge in [0, 0.05) is 24.9 Å². The van der Waals surface area contributed by atoms with Gasteiger partial charge < -0.3 is 19.5 Å². The summed E-state index contributed by atoms with van der Waals surface area (Å²) in [6, 6.07) is 6.75. The second-order valence-electron chi connectivity index (χ2n) is 7.99. The SMILES string of the molecule is COCC1Cn2ncc(S(N)(=O)=NC(=O)Nc3c(-c4ccnc(OC)c4)ccc4c3CC4)c2O1. The molecule has 2 aromatic heterocycles. The lowest BCUT2D eigenvalue weighted by Gasteiger charge is -2.25. The maximum absolute atomic E-state index is 13.2. The first-order valence-electron chi connectivity index (χ1n) is 10.6. The van der Waals surface area contributed by atoms with E-state index in [0.717, 1.165) is 35.1 Å². The highest BCUT2D eigenvalue weighted by atomic mass is 32.2. The number of urea groups is 1. The number of nitrogens with one attached hydrogen (secondary N) is 1. The van der Waals surface area contributed by atoms with Crippen LogP contribution in [0.2, 0.25) is 0 Å². The van der Waals surface area contributed by atoms with E-state index in [1.54, 1.807) is 19.4 Å². The van der Waals surface area contributed by atoms with Gasteiger partial charge in [0.15, 0.2) is 9.92 Å². The van der Waals surface area contributed by atoms with Crippen molar-refractivity contribution < 1.29 is 23.2 Å². The Bertz CT molecular complexity index is 1390. The Hall–Kier alpha value is -3.48. The number of hydrogen-bond acceptors (Lipinski definition) is 7. The van der Waals surface area contributed by atoms with Crippen molar-refractivity contribution in [3.05, 3.63) is 47.8 Å². The maximum Gasteiger partial charge on any atom is 0.354 e. The molecule has 0 fully saturated rings. The molecule has 1 aliphatic carbocycles. The molecule has 2 aliphatic rings. The number of hydrogen-bond donors (Lipinski definition) is 2. The lowest BCUT2D eigenvalue weighted by Crippen LogP contribution is -2.22. The number of aromatic nitrogens is 3. The van der Waals surface area contributed by atoms with Crippen LogP contribution in [0.3, 0.4) is 0 Å². The van der Waals surface area contributed by atoms with E-state index in [0.29, 0.717) is 24.7 Å². The van der Waals surface area contributed by atoms with Crippen LogP contribution in [0.4, 0.5) is 10.5 Å². The Morgan fingerprint density at radius 3 is 2.94 bits per heavy atom. The minimum atomic E-state index is -3.61. The zero-order chi connectivity index (χ0) is 23.9. The third-order valence-corrected chi connectivity index (χ3v) is 7.19. The number of amides is 2. The van der Waals surface area contributed by atoms with Crippen LogP contribution in [-0.4, -0.2) is 51.9 Å².